The number of hydrogen-bond donors (Lipinski definition) is 0. The summed E-state index contributed by atoms with van der Waals surface area (Å²) in [5.74, 6) is -0.303. The molecular formula is C12H8N2O. The largest absolute Gasteiger partial charge is 0.361 e. The van der Waals surface area contributed by atoms with Crippen molar-refractivity contribution in [2.24, 2.45) is 0 Å². The first-order chi connectivity index (χ1) is 7.31. The van der Waals surface area contributed by atoms with Gasteiger partial charge in [-0.3, -0.25) is 4.79 Å². The zero-order valence-corrected chi connectivity index (χ0v) is 7.92. The van der Waals surface area contributed by atoms with Crippen LogP contribution in [0.3, 0.4) is 0 Å². The monoisotopic (exact) mass is 196 g/mol. The quantitative estimate of drug-likeness (QED) is 0.315. The van der Waals surface area contributed by atoms with E-state index in [1.165, 1.54) is 0 Å². The number of rotatable bonds is 2. The molecule has 2 aromatic carbocycles. The summed E-state index contributed by atoms with van der Waals surface area (Å²) in [6.07, 6.45) is 0.893. The molecule has 0 radical (unpaired) electrons. The van der Waals surface area contributed by atoms with E-state index in [0.717, 1.165) is 17.0 Å². The summed E-state index contributed by atoms with van der Waals surface area (Å²) >= 11 is 0. The van der Waals surface area contributed by atoms with Crippen LogP contribution in [0.25, 0.3) is 16.3 Å². The van der Waals surface area contributed by atoms with Gasteiger partial charge in [0.2, 0.25) is 0 Å². The van der Waals surface area contributed by atoms with Gasteiger partial charge in [-0.25, -0.2) is 0 Å². The van der Waals surface area contributed by atoms with E-state index in [0.29, 0.717) is 5.56 Å². The van der Waals surface area contributed by atoms with Crippen LogP contribution in [0.15, 0.2) is 42.5 Å². The van der Waals surface area contributed by atoms with Crippen LogP contribution in [0.1, 0.15) is 10.4 Å². The van der Waals surface area contributed by atoms with Crippen molar-refractivity contribution in [3.63, 3.8) is 0 Å². The van der Waals surface area contributed by atoms with Crippen LogP contribution in [-0.2, 0) is 0 Å². The molecule has 0 aliphatic rings. The van der Waals surface area contributed by atoms with Gasteiger partial charge < -0.3 is 5.53 Å². The predicted octanol–water partition coefficient (Wildman–Crippen LogP) is 2.32. The van der Waals surface area contributed by atoms with Crippen molar-refractivity contribution in [1.82, 2.24) is 0 Å². The summed E-state index contributed by atoms with van der Waals surface area (Å²) in [5.41, 5.74) is 8.78. The molecule has 2 aromatic rings. The minimum Gasteiger partial charge on any atom is -0.361 e. The highest BCUT2D eigenvalue weighted by Crippen LogP contribution is 2.15. The number of hydrogen-bond acceptors (Lipinski definition) is 1. The summed E-state index contributed by atoms with van der Waals surface area (Å²) in [7, 11) is 0. The van der Waals surface area contributed by atoms with Crippen LogP contribution in [0.2, 0.25) is 0 Å². The molecular weight excluding hydrogens is 188 g/mol. The third-order valence-corrected chi connectivity index (χ3v) is 2.21. The van der Waals surface area contributed by atoms with Gasteiger partial charge in [0.15, 0.2) is 0 Å². The molecule has 0 unspecified atom stereocenters. The molecule has 2 rings (SSSR count). The molecule has 0 N–H and O–H groups in total. The van der Waals surface area contributed by atoms with Gasteiger partial charge in [-0.15, -0.1) is 0 Å². The molecule has 0 saturated carbocycles. The Hall–Kier alpha value is -2.25. The fourth-order valence-corrected chi connectivity index (χ4v) is 1.47. The number of Topliss-reactive ketones (excluding diaryl/α,β-unsaturated/α-hetero) is 1. The van der Waals surface area contributed by atoms with Crippen LogP contribution in [0, 0.1) is 0 Å². The maximum atomic E-state index is 11.4. The van der Waals surface area contributed by atoms with Crippen molar-refractivity contribution in [2.45, 2.75) is 0 Å². The van der Waals surface area contributed by atoms with E-state index in [-0.39, 0.29) is 5.78 Å². The lowest BCUT2D eigenvalue weighted by Gasteiger charge is -1.98. The van der Waals surface area contributed by atoms with Gasteiger partial charge in [-0.05, 0) is 16.8 Å². The van der Waals surface area contributed by atoms with Gasteiger partial charge in [0, 0.05) is 5.56 Å². The first-order valence-electron chi connectivity index (χ1n) is 4.52. The van der Waals surface area contributed by atoms with Crippen LogP contribution < -0.4 is 0 Å². The van der Waals surface area contributed by atoms with E-state index in [2.05, 4.69) is 4.79 Å². The Bertz CT molecular complexity index is 569. The second-order valence-corrected chi connectivity index (χ2v) is 3.17. The Morgan fingerprint density at radius 1 is 1.13 bits per heavy atom. The Morgan fingerprint density at radius 2 is 1.87 bits per heavy atom. The number of carbonyl (C=O) groups is 1. The van der Waals surface area contributed by atoms with E-state index in [4.69, 9.17) is 5.53 Å². The number of ketones is 1. The lowest BCUT2D eigenvalue weighted by Crippen LogP contribution is -2.00. The molecule has 0 amide bonds. The van der Waals surface area contributed by atoms with Crippen LogP contribution in [0.5, 0.6) is 0 Å². The van der Waals surface area contributed by atoms with Crippen LogP contribution in [0.4, 0.5) is 0 Å². The van der Waals surface area contributed by atoms with Gasteiger partial charge in [0.25, 0.3) is 5.78 Å². The maximum absolute atomic E-state index is 11.4. The first kappa shape index (κ1) is 9.31. The fourth-order valence-electron chi connectivity index (χ4n) is 1.47. The van der Waals surface area contributed by atoms with Gasteiger partial charge >= 0.3 is 6.21 Å². The van der Waals surface area contributed by atoms with Crippen LogP contribution in [-0.4, -0.2) is 16.8 Å². The Labute approximate surface area is 86.6 Å². The summed E-state index contributed by atoms with van der Waals surface area (Å²) in [4.78, 5) is 14.1. The smallest absolute Gasteiger partial charge is 0.328 e. The van der Waals surface area contributed by atoms with Crippen molar-refractivity contribution in [3.05, 3.63) is 53.6 Å². The first-order valence-corrected chi connectivity index (χ1v) is 4.52. The summed E-state index contributed by atoms with van der Waals surface area (Å²) in [6.45, 7) is 0. The predicted molar refractivity (Wildman–Crippen MR) is 58.0 cm³/mol. The zero-order valence-electron chi connectivity index (χ0n) is 7.92. The SMILES string of the molecule is [N-]=[N+]=CC(=O)c1ccc2ccccc2c1. The number of fused-ring (bicyclic) bond motifs is 1. The molecule has 0 spiro atoms. The summed E-state index contributed by atoms with van der Waals surface area (Å²) < 4.78 is 0. The van der Waals surface area contributed by atoms with Crippen molar-refractivity contribution >= 4 is 22.8 Å². The average molecular weight is 196 g/mol. The van der Waals surface area contributed by atoms with E-state index >= 15 is 0 Å². The molecule has 3 heteroatoms. The maximum Gasteiger partial charge on any atom is 0.328 e. The zero-order chi connectivity index (χ0) is 10.7. The lowest BCUT2D eigenvalue weighted by molar-refractivity contribution is 0.00235. The average Bonchev–Trinajstić information content (AvgIpc) is 2.29. The van der Waals surface area contributed by atoms with E-state index in [1.807, 2.05) is 30.3 Å². The highest BCUT2D eigenvalue weighted by atomic mass is 16.1. The van der Waals surface area contributed by atoms with E-state index in [9.17, 15) is 4.79 Å². The standard InChI is InChI=1S/C12H8N2O/c13-14-8-12(15)11-6-5-9-3-1-2-4-10(9)7-11/h1-8H. The number of benzene rings is 2. The van der Waals surface area contributed by atoms with Gasteiger partial charge in [-0.1, -0.05) is 36.4 Å². The molecule has 0 aliphatic carbocycles. The second-order valence-electron chi connectivity index (χ2n) is 3.17. The third kappa shape index (κ3) is 1.82. The van der Waals surface area contributed by atoms with E-state index in [1.54, 1.807) is 12.1 Å². The van der Waals surface area contributed by atoms with Crippen molar-refractivity contribution in [2.75, 3.05) is 0 Å². The Balaban J connectivity index is 2.56. The molecule has 0 aliphatic heterocycles. The van der Waals surface area contributed by atoms with Gasteiger partial charge in [0.05, 0.1) is 0 Å². The topological polar surface area (TPSA) is 53.5 Å². The number of carbonyl (C=O) groups excluding carboxylic acids is 1. The normalized spacial score (nSPS) is 9.60. The summed E-state index contributed by atoms with van der Waals surface area (Å²) in [6, 6.07) is 13.1. The Kier molecular flexibility index (Phi) is 2.40. The van der Waals surface area contributed by atoms with Gasteiger partial charge in [0.1, 0.15) is 0 Å². The molecule has 0 fully saturated rings. The molecule has 0 atom stereocenters. The van der Waals surface area contributed by atoms with Crippen LogP contribution >= 0.6 is 0 Å². The summed E-state index contributed by atoms with van der Waals surface area (Å²) in [5, 5.41) is 2.07. The minimum absolute atomic E-state index is 0.303. The highest BCUT2D eigenvalue weighted by molar-refractivity contribution is 6.33. The van der Waals surface area contributed by atoms with E-state index < -0.39 is 0 Å². The lowest BCUT2D eigenvalue weighted by atomic mass is 10.1. The molecule has 0 heterocycles. The molecule has 0 bridgehead atoms. The molecule has 3 nitrogen and oxygen atoms in total. The molecule has 0 aromatic heterocycles. The van der Waals surface area contributed by atoms with Crippen molar-refractivity contribution < 1.29 is 9.58 Å². The second kappa shape index (κ2) is 3.86. The number of nitrogens with zero attached hydrogens (tertiary/aromatic N) is 2. The molecule has 0 saturated heterocycles. The fraction of sp³-hybridized carbons (Fsp3) is 0. The van der Waals surface area contributed by atoms with Crippen molar-refractivity contribution in [1.29, 1.82) is 0 Å². The minimum atomic E-state index is -0.303. The molecule has 15 heavy (non-hydrogen) atoms. The van der Waals surface area contributed by atoms with Crippen molar-refractivity contribution in [3.8, 4) is 0 Å². The molecule has 72 valence electrons. The third-order valence-electron chi connectivity index (χ3n) is 2.21. The Morgan fingerprint density at radius 3 is 2.60 bits per heavy atom. The highest BCUT2D eigenvalue weighted by Gasteiger charge is 2.06. The van der Waals surface area contributed by atoms with Gasteiger partial charge in [-0.2, -0.15) is 4.79 Å².